The van der Waals surface area contributed by atoms with Crippen LogP contribution in [0.15, 0.2) is 4.40 Å². The SMILES string of the molecule is COC(=O)C1CCN(S(=O)(=O)N=C=O)CC1. The van der Waals surface area contributed by atoms with Gasteiger partial charge in [-0.05, 0) is 12.8 Å². The molecule has 1 aliphatic rings. The summed E-state index contributed by atoms with van der Waals surface area (Å²) in [5, 5.41) is 0. The Kier molecular flexibility index (Phi) is 4.17. The number of piperidine rings is 1. The van der Waals surface area contributed by atoms with Gasteiger partial charge in [-0.3, -0.25) is 4.79 Å². The van der Waals surface area contributed by atoms with Crippen LogP contribution in [0.5, 0.6) is 0 Å². The second-order valence-corrected chi connectivity index (χ2v) is 4.95. The Hall–Kier alpha value is -1.24. The van der Waals surface area contributed by atoms with Crippen molar-refractivity contribution in [3.05, 3.63) is 0 Å². The predicted octanol–water partition coefficient (Wildman–Crippen LogP) is -0.548. The van der Waals surface area contributed by atoms with Gasteiger partial charge in [0.1, 0.15) is 0 Å². The van der Waals surface area contributed by atoms with Gasteiger partial charge in [-0.15, -0.1) is 0 Å². The maximum Gasteiger partial charge on any atom is 0.332 e. The zero-order valence-electron chi connectivity index (χ0n) is 8.75. The third kappa shape index (κ3) is 2.88. The zero-order chi connectivity index (χ0) is 12.2. The van der Waals surface area contributed by atoms with Crippen molar-refractivity contribution in [2.75, 3.05) is 20.2 Å². The summed E-state index contributed by atoms with van der Waals surface area (Å²) < 4.78 is 31.0. The van der Waals surface area contributed by atoms with E-state index >= 15 is 0 Å². The van der Waals surface area contributed by atoms with Crippen molar-refractivity contribution in [1.82, 2.24) is 4.31 Å². The fourth-order valence-corrected chi connectivity index (χ4v) is 2.48. The van der Waals surface area contributed by atoms with Crippen molar-refractivity contribution in [3.63, 3.8) is 0 Å². The van der Waals surface area contributed by atoms with Crippen molar-refractivity contribution in [1.29, 1.82) is 0 Å². The van der Waals surface area contributed by atoms with Crippen molar-refractivity contribution >= 4 is 22.3 Å². The molecular weight excluding hydrogens is 236 g/mol. The largest absolute Gasteiger partial charge is 0.469 e. The van der Waals surface area contributed by atoms with E-state index in [1.165, 1.54) is 7.11 Å². The van der Waals surface area contributed by atoms with Gasteiger partial charge in [0, 0.05) is 13.1 Å². The summed E-state index contributed by atoms with van der Waals surface area (Å²) in [4.78, 5) is 21.1. The van der Waals surface area contributed by atoms with Crippen molar-refractivity contribution < 1.29 is 22.7 Å². The molecule has 90 valence electrons. The molecule has 0 radical (unpaired) electrons. The molecule has 7 nitrogen and oxygen atoms in total. The molecule has 1 saturated heterocycles. The highest BCUT2D eigenvalue weighted by molar-refractivity contribution is 7.87. The van der Waals surface area contributed by atoms with E-state index in [-0.39, 0.29) is 25.0 Å². The van der Waals surface area contributed by atoms with Crippen molar-refractivity contribution in [3.8, 4) is 0 Å². The number of ether oxygens (including phenoxy) is 1. The highest BCUT2D eigenvalue weighted by atomic mass is 32.2. The molecule has 1 aliphatic heterocycles. The maximum atomic E-state index is 11.3. The molecule has 0 spiro atoms. The number of carbonyl (C=O) groups excluding carboxylic acids is 2. The van der Waals surface area contributed by atoms with Gasteiger partial charge in [0.15, 0.2) is 0 Å². The molecule has 1 rings (SSSR count). The van der Waals surface area contributed by atoms with Crippen molar-refractivity contribution in [2.24, 2.45) is 10.3 Å². The lowest BCUT2D eigenvalue weighted by Gasteiger charge is -2.27. The molecule has 0 unspecified atom stereocenters. The number of hydrogen-bond donors (Lipinski definition) is 0. The highest BCUT2D eigenvalue weighted by Gasteiger charge is 2.31. The topological polar surface area (TPSA) is 93.1 Å². The Morgan fingerprint density at radius 2 is 2.00 bits per heavy atom. The highest BCUT2D eigenvalue weighted by Crippen LogP contribution is 2.20. The monoisotopic (exact) mass is 248 g/mol. The first-order chi connectivity index (χ1) is 7.51. The predicted molar refractivity (Wildman–Crippen MR) is 53.4 cm³/mol. The van der Waals surface area contributed by atoms with Crippen LogP contribution in [0.25, 0.3) is 0 Å². The van der Waals surface area contributed by atoms with Crippen LogP contribution in [-0.2, 0) is 24.5 Å². The number of methoxy groups -OCH3 is 1. The second kappa shape index (κ2) is 5.20. The summed E-state index contributed by atoms with van der Waals surface area (Å²) >= 11 is 0. The van der Waals surface area contributed by atoms with Crippen LogP contribution in [0, 0.1) is 5.92 Å². The van der Waals surface area contributed by atoms with Gasteiger partial charge in [0.2, 0.25) is 0 Å². The molecular formula is C8H12N2O5S. The van der Waals surface area contributed by atoms with Gasteiger partial charge in [0.05, 0.1) is 13.0 Å². The van der Waals surface area contributed by atoms with Crippen molar-refractivity contribution in [2.45, 2.75) is 12.8 Å². The molecule has 0 atom stereocenters. The molecule has 0 aromatic rings. The molecule has 1 heterocycles. The van der Waals surface area contributed by atoms with Gasteiger partial charge in [0.25, 0.3) is 6.08 Å². The second-order valence-electron chi connectivity index (χ2n) is 3.36. The third-order valence-corrected chi connectivity index (χ3v) is 3.79. The molecule has 0 N–H and O–H groups in total. The summed E-state index contributed by atoms with van der Waals surface area (Å²) in [6, 6.07) is 0. The molecule has 0 aromatic carbocycles. The molecule has 0 aliphatic carbocycles. The Balaban J connectivity index is 2.62. The lowest BCUT2D eigenvalue weighted by molar-refractivity contribution is -0.146. The minimum absolute atomic E-state index is 0.160. The summed E-state index contributed by atoms with van der Waals surface area (Å²) in [6.07, 6.45) is 1.75. The normalized spacial score (nSPS) is 18.8. The van der Waals surface area contributed by atoms with Crippen LogP contribution in [0.3, 0.4) is 0 Å². The van der Waals surface area contributed by atoms with Gasteiger partial charge >= 0.3 is 16.2 Å². The first kappa shape index (κ1) is 12.8. The van der Waals surface area contributed by atoms with Crippen LogP contribution < -0.4 is 0 Å². The third-order valence-electron chi connectivity index (χ3n) is 2.47. The molecule has 0 bridgehead atoms. The lowest BCUT2D eigenvalue weighted by Crippen LogP contribution is -2.39. The maximum absolute atomic E-state index is 11.3. The quantitative estimate of drug-likeness (QED) is 0.379. The van der Waals surface area contributed by atoms with Gasteiger partial charge in [-0.1, -0.05) is 4.40 Å². The van der Waals surface area contributed by atoms with Crippen LogP contribution in [0.1, 0.15) is 12.8 Å². The fraction of sp³-hybridized carbons (Fsp3) is 0.750. The van der Waals surface area contributed by atoms with E-state index in [0.717, 1.165) is 10.4 Å². The van der Waals surface area contributed by atoms with Gasteiger partial charge < -0.3 is 4.74 Å². The number of carbonyl (C=O) groups is 1. The average Bonchev–Trinajstić information content (AvgIpc) is 2.28. The lowest BCUT2D eigenvalue weighted by atomic mass is 9.99. The number of hydrogen-bond acceptors (Lipinski definition) is 5. The Bertz CT molecular complexity index is 404. The fourth-order valence-electron chi connectivity index (χ4n) is 1.59. The van der Waals surface area contributed by atoms with Crippen LogP contribution in [-0.4, -0.2) is 45.0 Å². The van der Waals surface area contributed by atoms with E-state index in [0.29, 0.717) is 12.8 Å². The number of esters is 1. The summed E-state index contributed by atoms with van der Waals surface area (Å²) in [7, 11) is -2.61. The van der Waals surface area contributed by atoms with Crippen LogP contribution >= 0.6 is 0 Å². The molecule has 0 amide bonds. The molecule has 1 fully saturated rings. The van der Waals surface area contributed by atoms with E-state index in [9.17, 15) is 18.0 Å². The summed E-state index contributed by atoms with van der Waals surface area (Å²) in [5.41, 5.74) is 0. The van der Waals surface area contributed by atoms with Gasteiger partial charge in [-0.2, -0.15) is 12.7 Å². The molecule has 16 heavy (non-hydrogen) atoms. The van der Waals surface area contributed by atoms with E-state index in [1.54, 1.807) is 0 Å². The van der Waals surface area contributed by atoms with Crippen LogP contribution in [0.2, 0.25) is 0 Å². The minimum Gasteiger partial charge on any atom is -0.469 e. The smallest absolute Gasteiger partial charge is 0.332 e. The van der Waals surface area contributed by atoms with Crippen LogP contribution in [0.4, 0.5) is 0 Å². The molecule has 8 heteroatoms. The van der Waals surface area contributed by atoms with E-state index in [1.807, 2.05) is 0 Å². The first-order valence-corrected chi connectivity index (χ1v) is 6.08. The summed E-state index contributed by atoms with van der Waals surface area (Å²) in [6.45, 7) is 0.320. The van der Waals surface area contributed by atoms with E-state index in [2.05, 4.69) is 9.13 Å². The average molecular weight is 248 g/mol. The minimum atomic E-state index is -3.91. The van der Waals surface area contributed by atoms with E-state index < -0.39 is 10.2 Å². The van der Waals surface area contributed by atoms with E-state index in [4.69, 9.17) is 0 Å². The molecule has 0 aromatic heterocycles. The number of rotatable bonds is 3. The standard InChI is InChI=1S/C8H12N2O5S/c1-15-8(12)7-2-4-10(5-3-7)16(13,14)9-6-11/h7H,2-5H2,1H3. The number of nitrogens with zero attached hydrogens (tertiary/aromatic N) is 2. The Morgan fingerprint density at radius 1 is 1.44 bits per heavy atom. The Morgan fingerprint density at radius 3 is 2.44 bits per heavy atom. The summed E-state index contributed by atoms with van der Waals surface area (Å²) in [5.74, 6) is -0.618. The first-order valence-electron chi connectivity index (χ1n) is 4.68. The Labute approximate surface area is 93.3 Å². The number of isocyanates is 1. The van der Waals surface area contributed by atoms with Gasteiger partial charge in [-0.25, -0.2) is 4.79 Å². The molecule has 0 saturated carbocycles. The zero-order valence-corrected chi connectivity index (χ0v) is 9.57.